The average Bonchev–Trinajstić information content (AvgIpc) is 3.58. The number of imide groups is 1. The van der Waals surface area contributed by atoms with Crippen molar-refractivity contribution in [3.63, 3.8) is 0 Å². The Kier molecular flexibility index (Phi) is 5.34. The van der Waals surface area contributed by atoms with Gasteiger partial charge in [0.25, 0.3) is 11.8 Å². The van der Waals surface area contributed by atoms with Crippen LogP contribution < -0.4 is 4.74 Å². The highest BCUT2D eigenvalue weighted by molar-refractivity contribution is 6.21. The van der Waals surface area contributed by atoms with Crippen LogP contribution in [0.1, 0.15) is 50.0 Å². The third-order valence-electron chi connectivity index (χ3n) is 5.75. The molecule has 0 saturated carbocycles. The minimum atomic E-state index is -0.227. The van der Waals surface area contributed by atoms with Crippen molar-refractivity contribution in [3.8, 4) is 5.75 Å². The number of carbonyl (C=O) groups is 2. The van der Waals surface area contributed by atoms with Gasteiger partial charge in [-0.3, -0.25) is 14.5 Å². The minimum absolute atomic E-state index is 0.0860. The lowest BCUT2D eigenvalue weighted by molar-refractivity contribution is 0.0646. The number of hydrogen-bond acceptors (Lipinski definition) is 3. The third-order valence-corrected chi connectivity index (χ3v) is 5.75. The summed E-state index contributed by atoms with van der Waals surface area (Å²) >= 11 is 0. The first-order valence-corrected chi connectivity index (χ1v) is 10.7. The molecule has 1 aliphatic heterocycles. The Bertz CT molecular complexity index is 1140. The molecule has 0 aliphatic carbocycles. The van der Waals surface area contributed by atoms with Gasteiger partial charge in [0.1, 0.15) is 5.75 Å². The van der Waals surface area contributed by atoms with E-state index < -0.39 is 0 Å². The van der Waals surface area contributed by atoms with Gasteiger partial charge < -0.3 is 14.7 Å². The number of ether oxygens (including phenoxy) is 1. The molecule has 6 heteroatoms. The fourth-order valence-electron chi connectivity index (χ4n) is 4.19. The predicted octanol–water partition coefficient (Wildman–Crippen LogP) is 4.59. The van der Waals surface area contributed by atoms with Crippen molar-refractivity contribution in [3.05, 3.63) is 113 Å². The number of carbonyl (C=O) groups excluding carboxylic acids is 2. The molecule has 0 atom stereocenters. The van der Waals surface area contributed by atoms with Crippen LogP contribution in [0.2, 0.25) is 0 Å². The van der Waals surface area contributed by atoms with Crippen LogP contribution in [0.25, 0.3) is 0 Å². The maximum Gasteiger partial charge on any atom is 0.261 e. The predicted molar refractivity (Wildman–Crippen MR) is 121 cm³/mol. The molecule has 0 radical (unpaired) electrons. The maximum atomic E-state index is 12.4. The highest BCUT2D eigenvalue weighted by atomic mass is 16.5. The van der Waals surface area contributed by atoms with Crippen LogP contribution in [0.5, 0.6) is 5.75 Å². The zero-order valence-corrected chi connectivity index (χ0v) is 17.5. The number of H-pyrrole nitrogens is 2. The van der Waals surface area contributed by atoms with E-state index in [1.807, 2.05) is 36.7 Å². The van der Waals surface area contributed by atoms with Gasteiger partial charge in [0, 0.05) is 30.3 Å². The van der Waals surface area contributed by atoms with Crippen LogP contribution in [-0.2, 0) is 0 Å². The molecule has 0 bridgehead atoms. The molecule has 0 fully saturated rings. The first kappa shape index (κ1) is 19.9. The summed E-state index contributed by atoms with van der Waals surface area (Å²) in [5.41, 5.74) is 4.33. The van der Waals surface area contributed by atoms with E-state index in [0.29, 0.717) is 30.7 Å². The van der Waals surface area contributed by atoms with Crippen molar-refractivity contribution in [2.45, 2.75) is 12.3 Å². The van der Waals surface area contributed by atoms with Gasteiger partial charge in [-0.1, -0.05) is 24.3 Å². The van der Waals surface area contributed by atoms with E-state index >= 15 is 0 Å². The summed E-state index contributed by atoms with van der Waals surface area (Å²) in [5, 5.41) is 0. The van der Waals surface area contributed by atoms with Crippen molar-refractivity contribution in [2.24, 2.45) is 0 Å². The number of amides is 2. The molecule has 32 heavy (non-hydrogen) atoms. The van der Waals surface area contributed by atoms with Gasteiger partial charge in [-0.15, -0.1) is 0 Å². The van der Waals surface area contributed by atoms with Crippen LogP contribution in [0.3, 0.4) is 0 Å². The van der Waals surface area contributed by atoms with Crippen LogP contribution in [0, 0.1) is 0 Å². The Morgan fingerprint density at radius 2 is 1.34 bits per heavy atom. The maximum absolute atomic E-state index is 12.4. The minimum Gasteiger partial charge on any atom is -0.494 e. The Hall–Kier alpha value is -4.06. The first-order valence-electron chi connectivity index (χ1n) is 10.7. The Labute approximate surface area is 185 Å². The van der Waals surface area contributed by atoms with Crippen molar-refractivity contribution in [1.29, 1.82) is 0 Å². The highest BCUT2D eigenvalue weighted by Crippen LogP contribution is 2.31. The SMILES string of the molecule is O=C1c2ccccc2C(=O)N1CCCOc1ccc(C(c2ccc[nH]2)c2ccc[nH]2)cc1. The second-order valence-corrected chi connectivity index (χ2v) is 7.76. The lowest BCUT2D eigenvalue weighted by atomic mass is 9.92. The summed E-state index contributed by atoms with van der Waals surface area (Å²) in [6.07, 6.45) is 4.43. The summed E-state index contributed by atoms with van der Waals surface area (Å²) in [6, 6.07) is 23.1. The van der Waals surface area contributed by atoms with E-state index in [9.17, 15) is 9.59 Å². The summed E-state index contributed by atoms with van der Waals surface area (Å²) in [4.78, 5) is 32.8. The molecule has 2 amide bonds. The molecule has 4 aromatic rings. The van der Waals surface area contributed by atoms with Gasteiger partial charge in [-0.05, 0) is 60.5 Å². The van der Waals surface area contributed by atoms with Crippen LogP contribution in [0.15, 0.2) is 85.2 Å². The summed E-state index contributed by atoms with van der Waals surface area (Å²) in [5.74, 6) is 0.389. The summed E-state index contributed by atoms with van der Waals surface area (Å²) in [7, 11) is 0. The highest BCUT2D eigenvalue weighted by Gasteiger charge is 2.34. The van der Waals surface area contributed by atoms with E-state index in [-0.39, 0.29) is 17.7 Å². The van der Waals surface area contributed by atoms with Crippen molar-refractivity contribution < 1.29 is 14.3 Å². The Morgan fingerprint density at radius 1 is 0.750 bits per heavy atom. The number of fused-ring (bicyclic) bond motifs is 1. The normalized spacial score (nSPS) is 13.1. The molecule has 3 heterocycles. The van der Waals surface area contributed by atoms with Crippen molar-refractivity contribution in [2.75, 3.05) is 13.2 Å². The van der Waals surface area contributed by atoms with E-state index in [2.05, 4.69) is 34.2 Å². The number of nitrogens with one attached hydrogen (secondary N) is 2. The summed E-state index contributed by atoms with van der Waals surface area (Å²) < 4.78 is 5.86. The molecule has 2 aromatic carbocycles. The molecule has 0 spiro atoms. The van der Waals surface area contributed by atoms with E-state index in [1.54, 1.807) is 24.3 Å². The van der Waals surface area contributed by atoms with Gasteiger partial charge in [0.2, 0.25) is 0 Å². The summed E-state index contributed by atoms with van der Waals surface area (Å²) in [6.45, 7) is 0.760. The van der Waals surface area contributed by atoms with E-state index in [1.165, 1.54) is 4.90 Å². The van der Waals surface area contributed by atoms with Gasteiger partial charge in [0.15, 0.2) is 0 Å². The van der Waals surface area contributed by atoms with Crippen LogP contribution >= 0.6 is 0 Å². The van der Waals surface area contributed by atoms with Gasteiger partial charge in [-0.2, -0.15) is 0 Å². The molecule has 1 aliphatic rings. The number of aromatic nitrogens is 2. The smallest absolute Gasteiger partial charge is 0.261 e. The molecule has 2 aromatic heterocycles. The topological polar surface area (TPSA) is 78.2 Å². The largest absolute Gasteiger partial charge is 0.494 e. The fourth-order valence-corrected chi connectivity index (χ4v) is 4.19. The zero-order valence-electron chi connectivity index (χ0n) is 17.5. The Morgan fingerprint density at radius 3 is 1.88 bits per heavy atom. The van der Waals surface area contributed by atoms with E-state index in [4.69, 9.17) is 4.74 Å². The zero-order chi connectivity index (χ0) is 21.9. The monoisotopic (exact) mass is 425 g/mol. The molecule has 5 rings (SSSR count). The lowest BCUT2D eigenvalue weighted by Crippen LogP contribution is -2.31. The second-order valence-electron chi connectivity index (χ2n) is 7.76. The molecule has 0 saturated heterocycles. The molecule has 160 valence electrons. The molecule has 2 N–H and O–H groups in total. The first-order chi connectivity index (χ1) is 15.7. The third kappa shape index (κ3) is 3.71. The standard InChI is InChI=1S/C26H23N3O3/c30-25-20-6-1-2-7-21(20)26(31)29(25)16-5-17-32-19-12-10-18(11-13-19)24(22-8-3-14-27-22)23-9-4-15-28-23/h1-4,6-15,24,27-28H,5,16-17H2. The number of benzene rings is 2. The van der Waals surface area contributed by atoms with Gasteiger partial charge >= 0.3 is 0 Å². The van der Waals surface area contributed by atoms with Gasteiger partial charge in [-0.25, -0.2) is 0 Å². The number of nitrogens with zero attached hydrogens (tertiary/aromatic N) is 1. The molecular formula is C26H23N3O3. The van der Waals surface area contributed by atoms with E-state index in [0.717, 1.165) is 22.7 Å². The molecular weight excluding hydrogens is 402 g/mol. The average molecular weight is 425 g/mol. The fraction of sp³-hybridized carbons (Fsp3) is 0.154. The molecule has 6 nitrogen and oxygen atoms in total. The van der Waals surface area contributed by atoms with Crippen LogP contribution in [-0.4, -0.2) is 39.8 Å². The number of hydrogen-bond donors (Lipinski definition) is 2. The second kappa shape index (κ2) is 8.59. The quantitative estimate of drug-likeness (QED) is 0.320. The molecule has 0 unspecified atom stereocenters. The van der Waals surface area contributed by atoms with Crippen LogP contribution in [0.4, 0.5) is 0 Å². The Balaban J connectivity index is 1.19. The van der Waals surface area contributed by atoms with Crippen molar-refractivity contribution >= 4 is 11.8 Å². The van der Waals surface area contributed by atoms with Crippen molar-refractivity contribution in [1.82, 2.24) is 14.9 Å². The lowest BCUT2D eigenvalue weighted by Gasteiger charge is -2.16. The van der Waals surface area contributed by atoms with Gasteiger partial charge in [0.05, 0.1) is 23.7 Å². The number of rotatable bonds is 8. The number of aromatic amines is 2.